The number of hydrogen-bond acceptors (Lipinski definition) is 3. The molecule has 0 bridgehead atoms. The Morgan fingerprint density at radius 1 is 1.16 bits per heavy atom. The van der Waals surface area contributed by atoms with E-state index < -0.39 is 11.7 Å². The van der Waals surface area contributed by atoms with Crippen LogP contribution in [0.1, 0.15) is 40.5 Å². The van der Waals surface area contributed by atoms with E-state index in [1.165, 1.54) is 6.42 Å². The zero-order chi connectivity index (χ0) is 14.3. The smallest absolute Gasteiger partial charge is 0.412 e. The highest BCUT2D eigenvalue weighted by molar-refractivity contribution is 5.85. The summed E-state index contributed by atoms with van der Waals surface area (Å²) in [4.78, 5) is 11.6. The highest BCUT2D eigenvalue weighted by atomic mass is 16.6. The standard InChI is InChI=1S/C15H24N2O2/c1-5-6-11-16-12-7-9-13(10-8-12)17-14(18)19-15(2,3)4/h7-10,16H,5-6,11H2,1-4H3,(H,17,18). The normalized spacial score (nSPS) is 10.9. The van der Waals surface area contributed by atoms with Gasteiger partial charge in [0.2, 0.25) is 0 Å². The minimum absolute atomic E-state index is 0.431. The fourth-order valence-corrected chi connectivity index (χ4v) is 1.50. The number of anilines is 2. The number of hydrogen-bond donors (Lipinski definition) is 2. The number of rotatable bonds is 5. The Morgan fingerprint density at radius 3 is 2.26 bits per heavy atom. The first-order chi connectivity index (χ1) is 8.90. The molecule has 2 N–H and O–H groups in total. The molecule has 106 valence electrons. The van der Waals surface area contributed by atoms with Gasteiger partial charge in [0.25, 0.3) is 0 Å². The molecule has 0 unspecified atom stereocenters. The van der Waals surface area contributed by atoms with Crippen molar-refractivity contribution in [3.05, 3.63) is 24.3 Å². The minimum Gasteiger partial charge on any atom is -0.444 e. The fraction of sp³-hybridized carbons (Fsp3) is 0.533. The van der Waals surface area contributed by atoms with Gasteiger partial charge in [-0.1, -0.05) is 13.3 Å². The molecule has 0 radical (unpaired) electrons. The molecule has 19 heavy (non-hydrogen) atoms. The molecule has 4 heteroatoms. The molecule has 0 atom stereocenters. The molecule has 0 aromatic heterocycles. The van der Waals surface area contributed by atoms with Gasteiger partial charge in [0.15, 0.2) is 0 Å². The number of nitrogens with one attached hydrogen (secondary N) is 2. The Kier molecular flexibility index (Phi) is 5.67. The summed E-state index contributed by atoms with van der Waals surface area (Å²) in [5.41, 5.74) is 1.31. The SMILES string of the molecule is CCCCNc1ccc(NC(=O)OC(C)(C)C)cc1. The molecule has 1 rings (SSSR count). The van der Waals surface area contributed by atoms with Crippen LogP contribution in [0.4, 0.5) is 16.2 Å². The molecule has 4 nitrogen and oxygen atoms in total. The molecule has 0 aliphatic heterocycles. The van der Waals surface area contributed by atoms with Gasteiger partial charge in [-0.05, 0) is 51.5 Å². The van der Waals surface area contributed by atoms with Crippen molar-refractivity contribution in [3.8, 4) is 0 Å². The number of ether oxygens (including phenoxy) is 1. The predicted molar refractivity (Wildman–Crippen MR) is 79.7 cm³/mol. The molecule has 1 aromatic rings. The van der Waals surface area contributed by atoms with Crippen LogP contribution in [0.3, 0.4) is 0 Å². The van der Waals surface area contributed by atoms with Crippen LogP contribution >= 0.6 is 0 Å². The second-order valence-electron chi connectivity index (χ2n) is 5.48. The van der Waals surface area contributed by atoms with Crippen molar-refractivity contribution < 1.29 is 9.53 Å². The van der Waals surface area contributed by atoms with Crippen molar-refractivity contribution in [1.82, 2.24) is 0 Å². The number of carbonyl (C=O) groups is 1. The van der Waals surface area contributed by atoms with Crippen LogP contribution in [-0.4, -0.2) is 18.2 Å². The van der Waals surface area contributed by atoms with E-state index in [0.717, 1.165) is 24.3 Å². The Hall–Kier alpha value is -1.71. The molecule has 0 aliphatic carbocycles. The van der Waals surface area contributed by atoms with Gasteiger partial charge in [0.05, 0.1) is 0 Å². The first-order valence-corrected chi connectivity index (χ1v) is 6.74. The van der Waals surface area contributed by atoms with Crippen molar-refractivity contribution in [1.29, 1.82) is 0 Å². The van der Waals surface area contributed by atoms with Crippen molar-refractivity contribution in [3.63, 3.8) is 0 Å². The molecule has 1 amide bonds. The van der Waals surface area contributed by atoms with E-state index in [2.05, 4.69) is 17.6 Å². The van der Waals surface area contributed by atoms with E-state index in [4.69, 9.17) is 4.74 Å². The lowest BCUT2D eigenvalue weighted by Crippen LogP contribution is -2.27. The van der Waals surface area contributed by atoms with Crippen molar-refractivity contribution in [2.45, 2.75) is 46.1 Å². The molecule has 0 heterocycles. The van der Waals surface area contributed by atoms with E-state index in [1.807, 2.05) is 45.0 Å². The van der Waals surface area contributed by atoms with Gasteiger partial charge in [-0.2, -0.15) is 0 Å². The van der Waals surface area contributed by atoms with E-state index in [0.29, 0.717) is 0 Å². The zero-order valence-electron chi connectivity index (χ0n) is 12.2. The van der Waals surface area contributed by atoms with Gasteiger partial charge < -0.3 is 10.1 Å². The van der Waals surface area contributed by atoms with Gasteiger partial charge in [0, 0.05) is 17.9 Å². The molecular formula is C15H24N2O2. The maximum atomic E-state index is 11.6. The summed E-state index contributed by atoms with van der Waals surface area (Å²) in [5.74, 6) is 0. The Bertz CT molecular complexity index is 394. The molecule has 1 aromatic carbocycles. The van der Waals surface area contributed by atoms with Crippen LogP contribution in [0.5, 0.6) is 0 Å². The minimum atomic E-state index is -0.480. The first kappa shape index (κ1) is 15.3. The number of carbonyl (C=O) groups excluding carboxylic acids is 1. The lowest BCUT2D eigenvalue weighted by Gasteiger charge is -2.19. The van der Waals surface area contributed by atoms with E-state index in [9.17, 15) is 4.79 Å². The quantitative estimate of drug-likeness (QED) is 0.782. The number of unbranched alkanes of at least 4 members (excludes halogenated alkanes) is 1. The van der Waals surface area contributed by atoms with E-state index in [1.54, 1.807) is 0 Å². The highest BCUT2D eigenvalue weighted by Gasteiger charge is 2.15. The molecule has 0 spiro atoms. The molecule has 0 fully saturated rings. The first-order valence-electron chi connectivity index (χ1n) is 6.74. The van der Waals surface area contributed by atoms with Crippen LogP contribution < -0.4 is 10.6 Å². The van der Waals surface area contributed by atoms with Crippen LogP contribution in [0.25, 0.3) is 0 Å². The predicted octanol–water partition coefficient (Wildman–Crippen LogP) is 4.25. The summed E-state index contributed by atoms with van der Waals surface area (Å²) >= 11 is 0. The topological polar surface area (TPSA) is 50.4 Å². The fourth-order valence-electron chi connectivity index (χ4n) is 1.50. The van der Waals surface area contributed by atoms with Crippen LogP contribution in [0, 0.1) is 0 Å². The summed E-state index contributed by atoms with van der Waals surface area (Å²) in [6.45, 7) is 8.65. The number of amides is 1. The maximum absolute atomic E-state index is 11.6. The van der Waals surface area contributed by atoms with Gasteiger partial charge in [-0.3, -0.25) is 5.32 Å². The lowest BCUT2D eigenvalue weighted by atomic mass is 10.2. The third-order valence-electron chi connectivity index (χ3n) is 2.39. The van der Waals surface area contributed by atoms with E-state index >= 15 is 0 Å². The molecule has 0 saturated heterocycles. The van der Waals surface area contributed by atoms with Crippen molar-refractivity contribution in [2.75, 3.05) is 17.2 Å². The van der Waals surface area contributed by atoms with Gasteiger partial charge >= 0.3 is 6.09 Å². The summed E-state index contributed by atoms with van der Waals surface area (Å²) in [6, 6.07) is 7.61. The summed E-state index contributed by atoms with van der Waals surface area (Å²) in [6.07, 6.45) is 1.89. The Labute approximate surface area is 115 Å². The Balaban J connectivity index is 2.45. The number of benzene rings is 1. The molecule has 0 saturated carbocycles. The third-order valence-corrected chi connectivity index (χ3v) is 2.39. The average Bonchev–Trinajstić information content (AvgIpc) is 2.29. The summed E-state index contributed by atoms with van der Waals surface area (Å²) < 4.78 is 5.19. The van der Waals surface area contributed by atoms with Gasteiger partial charge in [0.1, 0.15) is 5.60 Å². The largest absolute Gasteiger partial charge is 0.444 e. The zero-order valence-corrected chi connectivity index (χ0v) is 12.2. The highest BCUT2D eigenvalue weighted by Crippen LogP contribution is 2.15. The second-order valence-corrected chi connectivity index (χ2v) is 5.48. The maximum Gasteiger partial charge on any atom is 0.412 e. The second kappa shape index (κ2) is 7.02. The lowest BCUT2D eigenvalue weighted by molar-refractivity contribution is 0.0636. The van der Waals surface area contributed by atoms with Crippen molar-refractivity contribution in [2.24, 2.45) is 0 Å². The third kappa shape index (κ3) is 6.70. The summed E-state index contributed by atoms with van der Waals surface area (Å²) in [5, 5.41) is 6.02. The van der Waals surface area contributed by atoms with Crippen LogP contribution in [0.15, 0.2) is 24.3 Å². The van der Waals surface area contributed by atoms with Crippen LogP contribution in [-0.2, 0) is 4.74 Å². The van der Waals surface area contributed by atoms with Crippen molar-refractivity contribution >= 4 is 17.5 Å². The van der Waals surface area contributed by atoms with Crippen LogP contribution in [0.2, 0.25) is 0 Å². The average molecular weight is 264 g/mol. The van der Waals surface area contributed by atoms with Gasteiger partial charge in [-0.25, -0.2) is 4.79 Å². The van der Waals surface area contributed by atoms with Gasteiger partial charge in [-0.15, -0.1) is 0 Å². The molecule has 0 aliphatic rings. The Morgan fingerprint density at radius 2 is 1.74 bits per heavy atom. The van der Waals surface area contributed by atoms with E-state index in [-0.39, 0.29) is 0 Å². The molecular weight excluding hydrogens is 240 g/mol. The summed E-state index contributed by atoms with van der Waals surface area (Å²) in [7, 11) is 0. The monoisotopic (exact) mass is 264 g/mol.